The number of aromatic amines is 1. The predicted molar refractivity (Wildman–Crippen MR) is 77.4 cm³/mol. The Balaban J connectivity index is 2.48. The van der Waals surface area contributed by atoms with Crippen molar-refractivity contribution in [3.8, 4) is 16.9 Å². The van der Waals surface area contributed by atoms with E-state index in [9.17, 15) is 9.90 Å². The van der Waals surface area contributed by atoms with Gasteiger partial charge in [0, 0.05) is 11.8 Å². The summed E-state index contributed by atoms with van der Waals surface area (Å²) in [5.74, 6) is 0.475. The molecule has 3 nitrogen and oxygen atoms in total. The zero-order chi connectivity index (χ0) is 14.0. The SMILES string of the molecule is Cc1ccc(-c2c(O)cc(CC(C)C)[nH]c2=O)cc1. The quantitative estimate of drug-likeness (QED) is 0.886. The third-order valence-corrected chi connectivity index (χ3v) is 3.04. The van der Waals surface area contributed by atoms with Crippen LogP contribution in [0.3, 0.4) is 0 Å². The Hall–Kier alpha value is -2.03. The molecule has 2 rings (SSSR count). The molecule has 1 aromatic carbocycles. The molecule has 3 heteroatoms. The second-order valence-electron chi connectivity index (χ2n) is 5.35. The minimum absolute atomic E-state index is 0.0447. The van der Waals surface area contributed by atoms with Crippen LogP contribution in [0, 0.1) is 12.8 Å². The molecule has 0 atom stereocenters. The number of aromatic hydroxyl groups is 1. The smallest absolute Gasteiger partial charge is 0.259 e. The van der Waals surface area contributed by atoms with E-state index in [1.807, 2.05) is 31.2 Å². The summed E-state index contributed by atoms with van der Waals surface area (Å²) < 4.78 is 0. The van der Waals surface area contributed by atoms with Crippen LogP contribution in [0.1, 0.15) is 25.1 Å². The first kappa shape index (κ1) is 13.4. The van der Waals surface area contributed by atoms with E-state index < -0.39 is 0 Å². The van der Waals surface area contributed by atoms with Crippen molar-refractivity contribution in [2.24, 2.45) is 5.92 Å². The van der Waals surface area contributed by atoms with E-state index >= 15 is 0 Å². The Morgan fingerprint density at radius 2 is 1.84 bits per heavy atom. The number of rotatable bonds is 3. The van der Waals surface area contributed by atoms with Gasteiger partial charge in [-0.3, -0.25) is 4.79 Å². The zero-order valence-corrected chi connectivity index (χ0v) is 11.5. The molecule has 0 saturated heterocycles. The lowest BCUT2D eigenvalue weighted by atomic mass is 10.0. The Labute approximate surface area is 112 Å². The molecular formula is C16H19NO2. The van der Waals surface area contributed by atoms with Crippen LogP contribution in [-0.2, 0) is 6.42 Å². The molecule has 0 bridgehead atoms. The number of aromatic nitrogens is 1. The van der Waals surface area contributed by atoms with Gasteiger partial charge in [0.2, 0.25) is 0 Å². The molecule has 19 heavy (non-hydrogen) atoms. The van der Waals surface area contributed by atoms with Crippen molar-refractivity contribution in [2.45, 2.75) is 27.2 Å². The third kappa shape index (κ3) is 3.05. The number of pyridine rings is 1. The van der Waals surface area contributed by atoms with Crippen LogP contribution in [0.2, 0.25) is 0 Å². The van der Waals surface area contributed by atoms with Gasteiger partial charge < -0.3 is 10.1 Å². The minimum Gasteiger partial charge on any atom is -0.507 e. The van der Waals surface area contributed by atoms with Crippen LogP contribution in [-0.4, -0.2) is 10.1 Å². The van der Waals surface area contributed by atoms with Crippen molar-refractivity contribution in [1.82, 2.24) is 4.98 Å². The van der Waals surface area contributed by atoms with E-state index in [1.54, 1.807) is 6.07 Å². The monoisotopic (exact) mass is 257 g/mol. The highest BCUT2D eigenvalue weighted by atomic mass is 16.3. The maximum Gasteiger partial charge on any atom is 0.259 e. The van der Waals surface area contributed by atoms with Gasteiger partial charge in [0.05, 0.1) is 5.56 Å². The van der Waals surface area contributed by atoms with Crippen LogP contribution < -0.4 is 5.56 Å². The molecule has 0 fully saturated rings. The fourth-order valence-electron chi connectivity index (χ4n) is 2.15. The Morgan fingerprint density at radius 3 is 2.37 bits per heavy atom. The minimum atomic E-state index is -0.237. The number of hydrogen-bond acceptors (Lipinski definition) is 2. The van der Waals surface area contributed by atoms with E-state index in [1.165, 1.54) is 0 Å². The summed E-state index contributed by atoms with van der Waals surface area (Å²) in [6, 6.07) is 9.20. The van der Waals surface area contributed by atoms with E-state index in [2.05, 4.69) is 18.8 Å². The van der Waals surface area contributed by atoms with Gasteiger partial charge in [-0.15, -0.1) is 0 Å². The third-order valence-electron chi connectivity index (χ3n) is 3.04. The van der Waals surface area contributed by atoms with Crippen molar-refractivity contribution < 1.29 is 5.11 Å². The highest BCUT2D eigenvalue weighted by Crippen LogP contribution is 2.26. The van der Waals surface area contributed by atoms with Crippen LogP contribution in [0.15, 0.2) is 35.1 Å². The standard InChI is InChI=1S/C16H19NO2/c1-10(2)8-13-9-14(18)15(16(19)17-13)12-6-4-11(3)5-7-12/h4-7,9-10H,8H2,1-3H3,(H2,17,18,19). The fourth-order valence-corrected chi connectivity index (χ4v) is 2.15. The van der Waals surface area contributed by atoms with E-state index in [-0.39, 0.29) is 11.3 Å². The summed E-state index contributed by atoms with van der Waals surface area (Å²) in [5, 5.41) is 10.1. The van der Waals surface area contributed by atoms with Crippen molar-refractivity contribution in [3.05, 3.63) is 51.9 Å². The molecule has 2 N–H and O–H groups in total. The van der Waals surface area contributed by atoms with Crippen LogP contribution in [0.4, 0.5) is 0 Å². The first-order chi connectivity index (χ1) is 8.97. The molecule has 0 amide bonds. The van der Waals surface area contributed by atoms with Crippen molar-refractivity contribution in [3.63, 3.8) is 0 Å². The fraction of sp³-hybridized carbons (Fsp3) is 0.312. The molecule has 1 aromatic heterocycles. The lowest BCUT2D eigenvalue weighted by molar-refractivity contribution is 0.473. The van der Waals surface area contributed by atoms with Gasteiger partial charge in [0.25, 0.3) is 5.56 Å². The van der Waals surface area contributed by atoms with E-state index in [4.69, 9.17) is 0 Å². The van der Waals surface area contributed by atoms with Gasteiger partial charge in [-0.2, -0.15) is 0 Å². The van der Waals surface area contributed by atoms with Gasteiger partial charge in [0.1, 0.15) is 5.75 Å². The maximum atomic E-state index is 12.1. The Kier molecular flexibility index (Phi) is 3.74. The number of nitrogens with one attached hydrogen (secondary N) is 1. The summed E-state index contributed by atoms with van der Waals surface area (Å²) in [6.45, 7) is 6.13. The molecule has 0 aliphatic heterocycles. The Morgan fingerprint density at radius 1 is 1.21 bits per heavy atom. The van der Waals surface area contributed by atoms with Crippen LogP contribution in [0.5, 0.6) is 5.75 Å². The summed E-state index contributed by atoms with van der Waals surface area (Å²) in [6.07, 6.45) is 0.747. The Bertz CT molecular complexity index is 624. The maximum absolute atomic E-state index is 12.1. The van der Waals surface area contributed by atoms with E-state index in [0.717, 1.165) is 23.2 Å². The van der Waals surface area contributed by atoms with Crippen molar-refractivity contribution in [1.29, 1.82) is 0 Å². The second-order valence-corrected chi connectivity index (χ2v) is 5.35. The molecule has 0 saturated carbocycles. The van der Waals surface area contributed by atoms with Gasteiger partial charge in [-0.1, -0.05) is 43.7 Å². The number of benzene rings is 1. The average molecular weight is 257 g/mol. The lowest BCUT2D eigenvalue weighted by Crippen LogP contribution is -2.13. The van der Waals surface area contributed by atoms with Crippen LogP contribution >= 0.6 is 0 Å². The second kappa shape index (κ2) is 5.31. The summed E-state index contributed by atoms with van der Waals surface area (Å²) in [5.41, 5.74) is 2.73. The zero-order valence-electron chi connectivity index (χ0n) is 11.5. The average Bonchev–Trinajstić information content (AvgIpc) is 2.29. The van der Waals surface area contributed by atoms with Crippen molar-refractivity contribution in [2.75, 3.05) is 0 Å². The molecule has 0 aliphatic rings. The molecule has 0 unspecified atom stereocenters. The first-order valence-corrected chi connectivity index (χ1v) is 6.49. The molecule has 2 aromatic rings. The van der Waals surface area contributed by atoms with Crippen LogP contribution in [0.25, 0.3) is 11.1 Å². The number of H-pyrrole nitrogens is 1. The molecule has 100 valence electrons. The highest BCUT2D eigenvalue weighted by molar-refractivity contribution is 5.69. The largest absolute Gasteiger partial charge is 0.507 e. The summed E-state index contributed by atoms with van der Waals surface area (Å²) in [7, 11) is 0. The number of hydrogen-bond donors (Lipinski definition) is 2. The predicted octanol–water partition coefficient (Wildman–Crippen LogP) is 3.25. The molecular weight excluding hydrogens is 238 g/mol. The number of aryl methyl sites for hydroxylation is 1. The van der Waals surface area contributed by atoms with Crippen molar-refractivity contribution >= 4 is 0 Å². The van der Waals surface area contributed by atoms with Gasteiger partial charge >= 0.3 is 0 Å². The summed E-state index contributed by atoms with van der Waals surface area (Å²) in [4.78, 5) is 15.0. The summed E-state index contributed by atoms with van der Waals surface area (Å²) >= 11 is 0. The lowest BCUT2D eigenvalue weighted by Gasteiger charge is -2.09. The van der Waals surface area contributed by atoms with Gasteiger partial charge in [-0.25, -0.2) is 0 Å². The van der Waals surface area contributed by atoms with E-state index in [0.29, 0.717) is 11.5 Å². The highest BCUT2D eigenvalue weighted by Gasteiger charge is 2.11. The molecule has 0 spiro atoms. The van der Waals surface area contributed by atoms with Gasteiger partial charge in [0.15, 0.2) is 0 Å². The molecule has 0 radical (unpaired) electrons. The topological polar surface area (TPSA) is 53.1 Å². The van der Waals surface area contributed by atoms with Gasteiger partial charge in [-0.05, 0) is 24.8 Å². The molecule has 0 aliphatic carbocycles. The first-order valence-electron chi connectivity index (χ1n) is 6.49. The molecule has 1 heterocycles. The normalized spacial score (nSPS) is 10.9.